The Kier molecular flexibility index (Phi) is 4.89. The van der Waals surface area contributed by atoms with Crippen molar-refractivity contribution in [2.24, 2.45) is 4.99 Å². The zero-order valence-electron chi connectivity index (χ0n) is 12.0. The molecule has 0 unspecified atom stereocenters. The molecule has 1 heterocycles. The Labute approximate surface area is 123 Å². The summed E-state index contributed by atoms with van der Waals surface area (Å²) in [5.41, 5.74) is 1.62. The second-order valence-corrected chi connectivity index (χ2v) is 5.47. The van der Waals surface area contributed by atoms with E-state index in [1.807, 2.05) is 25.1 Å². The third-order valence-electron chi connectivity index (χ3n) is 3.13. The van der Waals surface area contributed by atoms with Gasteiger partial charge in [-0.2, -0.15) is 4.99 Å². The number of ether oxygens (including phenoxy) is 1. The maximum Gasteiger partial charge on any atom is 0.347 e. The van der Waals surface area contributed by atoms with Crippen LogP contribution >= 0.6 is 11.8 Å². The van der Waals surface area contributed by atoms with Gasteiger partial charge in [-0.05, 0) is 25.5 Å². The van der Waals surface area contributed by atoms with Gasteiger partial charge in [0.2, 0.25) is 0 Å². The van der Waals surface area contributed by atoms with Crippen molar-refractivity contribution >= 4 is 28.6 Å². The number of aliphatic imine (C=N–C) groups is 1. The maximum atomic E-state index is 12.1. The van der Waals surface area contributed by atoms with E-state index >= 15 is 0 Å². The van der Waals surface area contributed by atoms with Crippen LogP contribution in [0.5, 0.6) is 5.75 Å². The Morgan fingerprint density at radius 3 is 3.05 bits per heavy atom. The predicted octanol–water partition coefficient (Wildman–Crippen LogP) is 2.96. The molecule has 20 heavy (non-hydrogen) atoms. The van der Waals surface area contributed by atoms with E-state index in [0.717, 1.165) is 29.6 Å². The Morgan fingerprint density at radius 1 is 1.55 bits per heavy atom. The zero-order chi connectivity index (χ0) is 14.5. The molecule has 1 aliphatic heterocycles. The lowest BCUT2D eigenvalue weighted by atomic mass is 10.2. The van der Waals surface area contributed by atoms with Crippen LogP contribution in [0.4, 0.5) is 10.5 Å². The van der Waals surface area contributed by atoms with Gasteiger partial charge in [0.25, 0.3) is 0 Å². The molecule has 6 heteroatoms. The molecule has 0 spiro atoms. The number of amidine groups is 1. The number of amides is 2. The highest BCUT2D eigenvalue weighted by Crippen LogP contribution is 2.28. The third-order valence-corrected chi connectivity index (χ3v) is 4.12. The number of para-hydroxylation sites is 1. The highest BCUT2D eigenvalue weighted by Gasteiger charge is 2.19. The predicted molar refractivity (Wildman–Crippen MR) is 83.9 cm³/mol. The Morgan fingerprint density at radius 2 is 2.35 bits per heavy atom. The monoisotopic (exact) mass is 293 g/mol. The number of nitrogens with zero attached hydrogens (tertiary/aromatic N) is 2. The Balaban J connectivity index is 2.14. The van der Waals surface area contributed by atoms with Gasteiger partial charge >= 0.3 is 6.03 Å². The van der Waals surface area contributed by atoms with Crippen LogP contribution in [-0.2, 0) is 0 Å². The fraction of sp³-hybridized carbons (Fsp3) is 0.429. The van der Waals surface area contributed by atoms with Crippen molar-refractivity contribution < 1.29 is 9.53 Å². The standard InChI is InChI=1S/C14H19N3O2S/c1-4-17-8-9-20-14(17)16-13(18)15-12-10(2)6-5-7-11(12)19-3/h5-7H,4,8-9H2,1-3H3,(H,15,18). The molecule has 2 rings (SSSR count). The molecule has 1 saturated heterocycles. The van der Waals surface area contributed by atoms with Crippen LogP contribution in [-0.4, -0.2) is 42.1 Å². The van der Waals surface area contributed by atoms with Crippen molar-refractivity contribution in [2.75, 3.05) is 31.3 Å². The number of nitrogens with one attached hydrogen (secondary N) is 1. The first kappa shape index (κ1) is 14.7. The summed E-state index contributed by atoms with van der Waals surface area (Å²) in [7, 11) is 1.59. The normalized spacial score (nSPS) is 16.6. The fourth-order valence-electron chi connectivity index (χ4n) is 2.02. The molecule has 0 saturated carbocycles. The minimum atomic E-state index is -0.361. The number of urea groups is 1. The molecular formula is C14H19N3O2S. The smallest absolute Gasteiger partial charge is 0.347 e. The van der Waals surface area contributed by atoms with Crippen LogP contribution in [0, 0.1) is 6.92 Å². The van der Waals surface area contributed by atoms with Gasteiger partial charge < -0.3 is 15.0 Å². The summed E-state index contributed by atoms with van der Waals surface area (Å²) in [4.78, 5) is 18.3. The van der Waals surface area contributed by atoms with Crippen molar-refractivity contribution in [3.63, 3.8) is 0 Å². The summed E-state index contributed by atoms with van der Waals surface area (Å²) >= 11 is 1.61. The van der Waals surface area contributed by atoms with Gasteiger partial charge in [-0.25, -0.2) is 4.79 Å². The first-order valence-corrected chi connectivity index (χ1v) is 7.55. The Bertz CT molecular complexity index is 531. The van der Waals surface area contributed by atoms with Crippen LogP contribution in [0.25, 0.3) is 0 Å². The molecule has 2 amide bonds. The molecule has 108 valence electrons. The summed E-state index contributed by atoms with van der Waals surface area (Å²) in [6, 6.07) is 5.27. The molecule has 0 aliphatic carbocycles. The summed E-state index contributed by atoms with van der Waals surface area (Å²) in [6.45, 7) is 5.80. The number of methoxy groups -OCH3 is 1. The highest BCUT2D eigenvalue weighted by molar-refractivity contribution is 8.14. The topological polar surface area (TPSA) is 53.9 Å². The molecular weight excluding hydrogens is 274 g/mol. The van der Waals surface area contributed by atoms with E-state index in [4.69, 9.17) is 4.74 Å². The molecule has 1 aromatic rings. The van der Waals surface area contributed by atoms with E-state index in [1.165, 1.54) is 0 Å². The molecule has 1 fully saturated rings. The van der Waals surface area contributed by atoms with Gasteiger partial charge in [-0.15, -0.1) is 0 Å². The van der Waals surface area contributed by atoms with E-state index < -0.39 is 0 Å². The number of aryl methyl sites for hydroxylation is 1. The van der Waals surface area contributed by atoms with Crippen molar-refractivity contribution in [1.82, 2.24) is 4.90 Å². The van der Waals surface area contributed by atoms with Gasteiger partial charge in [0.15, 0.2) is 5.17 Å². The number of hydrogen-bond donors (Lipinski definition) is 1. The number of benzene rings is 1. The maximum absolute atomic E-state index is 12.1. The SMILES string of the molecule is CCN1CCSC1=NC(=O)Nc1c(C)cccc1OC. The van der Waals surface area contributed by atoms with Gasteiger partial charge in [0.1, 0.15) is 5.75 Å². The number of carbonyl (C=O) groups is 1. The van der Waals surface area contributed by atoms with Crippen molar-refractivity contribution in [1.29, 1.82) is 0 Å². The van der Waals surface area contributed by atoms with Crippen LogP contribution < -0.4 is 10.1 Å². The first-order chi connectivity index (χ1) is 9.65. The molecule has 1 aliphatic rings. The van der Waals surface area contributed by atoms with E-state index in [2.05, 4.69) is 22.1 Å². The largest absolute Gasteiger partial charge is 0.495 e. The fourth-order valence-corrected chi connectivity index (χ4v) is 3.07. The second-order valence-electron chi connectivity index (χ2n) is 4.40. The molecule has 0 radical (unpaired) electrons. The lowest BCUT2D eigenvalue weighted by Gasteiger charge is -2.15. The number of carbonyl (C=O) groups excluding carboxylic acids is 1. The van der Waals surface area contributed by atoms with E-state index in [9.17, 15) is 4.79 Å². The van der Waals surface area contributed by atoms with Crippen molar-refractivity contribution in [2.45, 2.75) is 13.8 Å². The van der Waals surface area contributed by atoms with Gasteiger partial charge in [0.05, 0.1) is 12.8 Å². The quantitative estimate of drug-likeness (QED) is 0.931. The first-order valence-electron chi connectivity index (χ1n) is 6.56. The van der Waals surface area contributed by atoms with E-state index in [0.29, 0.717) is 11.4 Å². The summed E-state index contributed by atoms with van der Waals surface area (Å²) < 4.78 is 5.26. The average molecular weight is 293 g/mol. The molecule has 0 bridgehead atoms. The molecule has 5 nitrogen and oxygen atoms in total. The summed E-state index contributed by atoms with van der Waals surface area (Å²) in [5.74, 6) is 1.62. The minimum Gasteiger partial charge on any atom is -0.495 e. The van der Waals surface area contributed by atoms with Crippen molar-refractivity contribution in [3.8, 4) is 5.75 Å². The molecule has 1 N–H and O–H groups in total. The number of thioether (sulfide) groups is 1. The molecule has 1 aromatic carbocycles. The number of hydrogen-bond acceptors (Lipinski definition) is 3. The van der Waals surface area contributed by atoms with Gasteiger partial charge in [-0.3, -0.25) is 0 Å². The van der Waals surface area contributed by atoms with E-state index in [-0.39, 0.29) is 6.03 Å². The summed E-state index contributed by atoms with van der Waals surface area (Å²) in [5, 5.41) is 3.60. The average Bonchev–Trinajstić information content (AvgIpc) is 2.88. The van der Waals surface area contributed by atoms with Crippen LogP contribution in [0.15, 0.2) is 23.2 Å². The van der Waals surface area contributed by atoms with E-state index in [1.54, 1.807) is 18.9 Å². The number of rotatable bonds is 3. The van der Waals surface area contributed by atoms with Gasteiger partial charge in [-0.1, -0.05) is 23.9 Å². The third kappa shape index (κ3) is 3.25. The molecule has 0 aromatic heterocycles. The summed E-state index contributed by atoms with van der Waals surface area (Å²) in [6.07, 6.45) is 0. The van der Waals surface area contributed by atoms with Gasteiger partial charge in [0, 0.05) is 18.8 Å². The lowest BCUT2D eigenvalue weighted by Crippen LogP contribution is -2.25. The number of anilines is 1. The Hall–Kier alpha value is -1.69. The van der Waals surface area contributed by atoms with Crippen LogP contribution in [0.2, 0.25) is 0 Å². The van der Waals surface area contributed by atoms with Crippen LogP contribution in [0.1, 0.15) is 12.5 Å². The zero-order valence-corrected chi connectivity index (χ0v) is 12.8. The van der Waals surface area contributed by atoms with Crippen LogP contribution in [0.3, 0.4) is 0 Å². The molecule has 0 atom stereocenters. The van der Waals surface area contributed by atoms with Crippen molar-refractivity contribution in [3.05, 3.63) is 23.8 Å². The lowest BCUT2D eigenvalue weighted by molar-refractivity contribution is 0.259. The highest BCUT2D eigenvalue weighted by atomic mass is 32.2. The minimum absolute atomic E-state index is 0.361. The second kappa shape index (κ2) is 6.65.